The van der Waals surface area contributed by atoms with Crippen LogP contribution in [0.4, 0.5) is 0 Å². The number of hydrogen-bond acceptors (Lipinski definition) is 3. The molecule has 92 valence electrons. The fourth-order valence-electron chi connectivity index (χ4n) is 1.97. The molecule has 0 aliphatic carbocycles. The predicted octanol–water partition coefficient (Wildman–Crippen LogP) is 2.72. The second-order valence-corrected chi connectivity index (χ2v) is 4.70. The lowest BCUT2D eigenvalue weighted by Crippen LogP contribution is -2.06. The predicted molar refractivity (Wildman–Crippen MR) is 65.0 cm³/mol. The van der Waals surface area contributed by atoms with Crippen LogP contribution in [0.5, 0.6) is 0 Å². The van der Waals surface area contributed by atoms with Crippen molar-refractivity contribution in [3.63, 3.8) is 0 Å². The van der Waals surface area contributed by atoms with Gasteiger partial charge in [-0.3, -0.25) is 0 Å². The summed E-state index contributed by atoms with van der Waals surface area (Å²) in [7, 11) is 3.85. The van der Waals surface area contributed by atoms with Gasteiger partial charge < -0.3 is 9.64 Å². The summed E-state index contributed by atoms with van der Waals surface area (Å²) in [5.74, 6) is -0.130. The van der Waals surface area contributed by atoms with E-state index in [4.69, 9.17) is 4.74 Å². The molecule has 3 nitrogen and oxygen atoms in total. The first-order valence-corrected chi connectivity index (χ1v) is 6.21. The largest absolute Gasteiger partial charge is 0.459 e. The van der Waals surface area contributed by atoms with Crippen LogP contribution in [-0.2, 0) is 9.53 Å². The summed E-state index contributed by atoms with van der Waals surface area (Å²) in [6.45, 7) is 2.20. The average Bonchev–Trinajstić information content (AvgIpc) is 2.54. The monoisotopic (exact) mass is 225 g/mol. The van der Waals surface area contributed by atoms with Crippen LogP contribution in [0.25, 0.3) is 0 Å². The summed E-state index contributed by atoms with van der Waals surface area (Å²) < 4.78 is 5.32. The summed E-state index contributed by atoms with van der Waals surface area (Å²) in [5.41, 5.74) is 0.811. The molecule has 0 unspecified atom stereocenters. The van der Waals surface area contributed by atoms with Gasteiger partial charge in [0.05, 0.1) is 5.57 Å². The molecular formula is C13H23NO2. The smallest absolute Gasteiger partial charge is 0.335 e. The molecule has 0 radical (unpaired) electrons. The zero-order chi connectivity index (χ0) is 12.0. The fourth-order valence-corrected chi connectivity index (χ4v) is 1.97. The molecular weight excluding hydrogens is 202 g/mol. The SMILES string of the molecule is CCCCCC[C@H]1C/C(=C\N(C)C)C(=O)O1. The van der Waals surface area contributed by atoms with Crippen molar-refractivity contribution in [1.29, 1.82) is 0 Å². The van der Waals surface area contributed by atoms with Crippen LogP contribution < -0.4 is 0 Å². The molecule has 0 aromatic heterocycles. The van der Waals surface area contributed by atoms with Gasteiger partial charge in [-0.1, -0.05) is 26.2 Å². The molecule has 0 spiro atoms. The molecule has 0 N–H and O–H groups in total. The minimum absolute atomic E-state index is 0.121. The van der Waals surface area contributed by atoms with Gasteiger partial charge in [-0.25, -0.2) is 4.79 Å². The number of carbonyl (C=O) groups excluding carboxylic acids is 1. The van der Waals surface area contributed by atoms with Crippen LogP contribution in [-0.4, -0.2) is 31.1 Å². The van der Waals surface area contributed by atoms with E-state index < -0.39 is 0 Å². The van der Waals surface area contributed by atoms with E-state index in [1.54, 1.807) is 0 Å². The van der Waals surface area contributed by atoms with Crippen molar-refractivity contribution in [2.45, 2.75) is 51.6 Å². The Hall–Kier alpha value is -0.990. The van der Waals surface area contributed by atoms with Gasteiger partial charge in [-0.2, -0.15) is 0 Å². The maximum absolute atomic E-state index is 11.5. The third kappa shape index (κ3) is 4.25. The zero-order valence-electron chi connectivity index (χ0n) is 10.7. The van der Waals surface area contributed by atoms with Crippen molar-refractivity contribution in [1.82, 2.24) is 4.90 Å². The Bertz CT molecular complexity index is 259. The zero-order valence-corrected chi connectivity index (χ0v) is 10.7. The highest BCUT2D eigenvalue weighted by molar-refractivity contribution is 5.90. The van der Waals surface area contributed by atoms with E-state index in [0.717, 1.165) is 18.4 Å². The van der Waals surface area contributed by atoms with Crippen LogP contribution in [0.3, 0.4) is 0 Å². The Kier molecular flexibility index (Phi) is 5.36. The minimum Gasteiger partial charge on any atom is -0.459 e. The Labute approximate surface area is 98.5 Å². The third-order valence-electron chi connectivity index (χ3n) is 2.78. The van der Waals surface area contributed by atoms with Crippen LogP contribution in [0.1, 0.15) is 45.4 Å². The standard InChI is InChI=1S/C13H23NO2/c1-4-5-6-7-8-12-9-11(10-14(2)3)13(15)16-12/h10,12H,4-9H2,1-3H3/b11-10+/t12-/m0/s1. The van der Waals surface area contributed by atoms with Gasteiger partial charge in [0, 0.05) is 26.7 Å². The maximum atomic E-state index is 11.5. The van der Waals surface area contributed by atoms with Gasteiger partial charge in [0.1, 0.15) is 6.10 Å². The molecule has 1 atom stereocenters. The highest BCUT2D eigenvalue weighted by Gasteiger charge is 2.28. The molecule has 1 saturated heterocycles. The number of carbonyl (C=O) groups is 1. The van der Waals surface area contributed by atoms with Crippen molar-refractivity contribution in [2.24, 2.45) is 0 Å². The maximum Gasteiger partial charge on any atom is 0.335 e. The number of nitrogens with zero attached hydrogens (tertiary/aromatic N) is 1. The Morgan fingerprint density at radius 1 is 1.38 bits per heavy atom. The number of rotatable bonds is 6. The molecule has 0 aromatic carbocycles. The van der Waals surface area contributed by atoms with Gasteiger partial charge >= 0.3 is 5.97 Å². The topological polar surface area (TPSA) is 29.5 Å². The number of ether oxygens (including phenoxy) is 1. The number of unbranched alkanes of at least 4 members (excludes halogenated alkanes) is 3. The summed E-state index contributed by atoms with van der Waals surface area (Å²) in [6, 6.07) is 0. The van der Waals surface area contributed by atoms with Crippen LogP contribution >= 0.6 is 0 Å². The van der Waals surface area contributed by atoms with E-state index in [0.29, 0.717) is 0 Å². The molecule has 16 heavy (non-hydrogen) atoms. The molecule has 0 saturated carbocycles. The lowest BCUT2D eigenvalue weighted by atomic mass is 10.1. The summed E-state index contributed by atoms with van der Waals surface area (Å²) in [4.78, 5) is 13.4. The van der Waals surface area contributed by atoms with Gasteiger partial charge in [0.15, 0.2) is 0 Å². The van der Waals surface area contributed by atoms with Gasteiger partial charge in [-0.15, -0.1) is 0 Å². The number of hydrogen-bond donors (Lipinski definition) is 0. The van der Waals surface area contributed by atoms with Gasteiger partial charge in [0.25, 0.3) is 0 Å². The molecule has 0 aromatic rings. The van der Waals surface area contributed by atoms with E-state index in [9.17, 15) is 4.79 Å². The summed E-state index contributed by atoms with van der Waals surface area (Å²) in [5, 5.41) is 0. The van der Waals surface area contributed by atoms with Crippen LogP contribution in [0.15, 0.2) is 11.8 Å². The highest BCUT2D eigenvalue weighted by atomic mass is 16.5. The van der Waals surface area contributed by atoms with Crippen LogP contribution in [0, 0.1) is 0 Å². The van der Waals surface area contributed by atoms with Gasteiger partial charge in [-0.05, 0) is 12.8 Å². The van der Waals surface area contributed by atoms with E-state index in [-0.39, 0.29) is 12.1 Å². The Morgan fingerprint density at radius 3 is 2.75 bits per heavy atom. The molecule has 0 bridgehead atoms. The van der Waals surface area contributed by atoms with Crippen molar-refractivity contribution in [3.8, 4) is 0 Å². The van der Waals surface area contributed by atoms with Crippen molar-refractivity contribution in [2.75, 3.05) is 14.1 Å². The van der Waals surface area contributed by atoms with Crippen molar-refractivity contribution in [3.05, 3.63) is 11.8 Å². The molecule has 1 aliphatic rings. The van der Waals surface area contributed by atoms with Crippen molar-refractivity contribution >= 4 is 5.97 Å². The summed E-state index contributed by atoms with van der Waals surface area (Å²) in [6.07, 6.45) is 8.72. The number of cyclic esters (lactones) is 1. The minimum atomic E-state index is -0.130. The highest BCUT2D eigenvalue weighted by Crippen LogP contribution is 2.24. The molecule has 1 rings (SSSR count). The molecule has 1 heterocycles. The second kappa shape index (κ2) is 6.56. The van der Waals surface area contributed by atoms with Gasteiger partial charge in [0.2, 0.25) is 0 Å². The number of esters is 1. The summed E-state index contributed by atoms with van der Waals surface area (Å²) >= 11 is 0. The lowest BCUT2D eigenvalue weighted by molar-refractivity contribution is -0.139. The van der Waals surface area contributed by atoms with Crippen molar-refractivity contribution < 1.29 is 9.53 Å². The second-order valence-electron chi connectivity index (χ2n) is 4.70. The first kappa shape index (κ1) is 13.1. The first-order valence-electron chi connectivity index (χ1n) is 6.21. The molecule has 0 amide bonds. The third-order valence-corrected chi connectivity index (χ3v) is 2.78. The van der Waals surface area contributed by atoms with E-state index >= 15 is 0 Å². The van der Waals surface area contributed by atoms with E-state index in [1.165, 1.54) is 25.7 Å². The van der Waals surface area contributed by atoms with E-state index in [1.807, 2.05) is 25.2 Å². The Morgan fingerprint density at radius 2 is 2.12 bits per heavy atom. The Balaban J connectivity index is 2.30. The normalized spacial score (nSPS) is 22.6. The fraction of sp³-hybridized carbons (Fsp3) is 0.769. The molecule has 1 fully saturated rings. The van der Waals surface area contributed by atoms with Crippen LogP contribution in [0.2, 0.25) is 0 Å². The average molecular weight is 225 g/mol. The first-order chi connectivity index (χ1) is 7.63. The quantitative estimate of drug-likeness (QED) is 0.395. The lowest BCUT2D eigenvalue weighted by Gasteiger charge is -2.07. The molecule has 1 aliphatic heterocycles. The molecule has 3 heteroatoms. The van der Waals surface area contributed by atoms with E-state index in [2.05, 4.69) is 6.92 Å².